The molecule has 5 nitrogen and oxygen atoms in total. The van der Waals surface area contributed by atoms with Gasteiger partial charge in [0, 0.05) is 18.4 Å². The van der Waals surface area contributed by atoms with Gasteiger partial charge in [-0.05, 0) is 19.1 Å². The smallest absolute Gasteiger partial charge is 0.254 e. The molecule has 0 radical (unpaired) electrons. The van der Waals surface area contributed by atoms with E-state index in [9.17, 15) is 4.79 Å². The SMILES string of the molecule is C[C@H](Cn1cccn1)NC(=O)c1ccoc1. The monoisotopic (exact) mass is 219 g/mol. The van der Waals surface area contributed by atoms with Gasteiger partial charge in [-0.1, -0.05) is 0 Å². The van der Waals surface area contributed by atoms with E-state index < -0.39 is 0 Å². The molecule has 84 valence electrons. The second kappa shape index (κ2) is 4.65. The average Bonchev–Trinajstić information content (AvgIpc) is 2.88. The lowest BCUT2D eigenvalue weighted by Gasteiger charge is -2.12. The minimum atomic E-state index is -0.131. The highest BCUT2D eigenvalue weighted by Crippen LogP contribution is 2.00. The number of amides is 1. The molecule has 2 heterocycles. The number of rotatable bonds is 4. The maximum Gasteiger partial charge on any atom is 0.254 e. The summed E-state index contributed by atoms with van der Waals surface area (Å²) in [5.74, 6) is -0.131. The molecule has 0 unspecified atom stereocenters. The third kappa shape index (κ3) is 2.50. The first-order chi connectivity index (χ1) is 7.75. The van der Waals surface area contributed by atoms with Crippen LogP contribution in [0.25, 0.3) is 0 Å². The summed E-state index contributed by atoms with van der Waals surface area (Å²) in [5, 5.41) is 6.93. The summed E-state index contributed by atoms with van der Waals surface area (Å²) in [6.07, 6.45) is 6.48. The summed E-state index contributed by atoms with van der Waals surface area (Å²) in [4.78, 5) is 11.6. The second-order valence-electron chi connectivity index (χ2n) is 3.61. The van der Waals surface area contributed by atoms with Gasteiger partial charge in [0.15, 0.2) is 0 Å². The molecule has 1 amide bonds. The van der Waals surface area contributed by atoms with Crippen LogP contribution >= 0.6 is 0 Å². The molecule has 2 aromatic heterocycles. The fourth-order valence-electron chi connectivity index (χ4n) is 1.44. The Morgan fingerprint density at radius 1 is 1.69 bits per heavy atom. The van der Waals surface area contributed by atoms with Gasteiger partial charge in [-0.25, -0.2) is 0 Å². The van der Waals surface area contributed by atoms with Crippen LogP contribution in [0, 0.1) is 0 Å². The predicted molar refractivity (Wildman–Crippen MR) is 57.9 cm³/mol. The largest absolute Gasteiger partial charge is 0.472 e. The van der Waals surface area contributed by atoms with Crippen LogP contribution in [0.15, 0.2) is 41.5 Å². The topological polar surface area (TPSA) is 60.1 Å². The molecule has 0 aliphatic heterocycles. The molecule has 16 heavy (non-hydrogen) atoms. The van der Waals surface area contributed by atoms with Crippen LogP contribution in [0.4, 0.5) is 0 Å². The number of hydrogen-bond acceptors (Lipinski definition) is 3. The van der Waals surface area contributed by atoms with Crippen molar-refractivity contribution in [3.8, 4) is 0 Å². The lowest BCUT2D eigenvalue weighted by Crippen LogP contribution is -2.35. The average molecular weight is 219 g/mol. The Kier molecular flexibility index (Phi) is 3.05. The molecule has 0 aromatic carbocycles. The van der Waals surface area contributed by atoms with Gasteiger partial charge in [0.1, 0.15) is 6.26 Å². The molecule has 1 atom stereocenters. The van der Waals surface area contributed by atoms with Crippen molar-refractivity contribution in [1.29, 1.82) is 0 Å². The molecule has 0 bridgehead atoms. The molecule has 0 aliphatic rings. The van der Waals surface area contributed by atoms with Crippen LogP contribution in [0.2, 0.25) is 0 Å². The van der Waals surface area contributed by atoms with E-state index >= 15 is 0 Å². The fraction of sp³-hybridized carbons (Fsp3) is 0.273. The van der Waals surface area contributed by atoms with E-state index in [0.29, 0.717) is 12.1 Å². The first-order valence-electron chi connectivity index (χ1n) is 5.06. The first kappa shape index (κ1) is 10.5. The molecule has 1 N–H and O–H groups in total. The van der Waals surface area contributed by atoms with Gasteiger partial charge in [-0.2, -0.15) is 5.10 Å². The second-order valence-corrected chi connectivity index (χ2v) is 3.61. The summed E-state index contributed by atoms with van der Waals surface area (Å²) >= 11 is 0. The molecule has 0 aliphatic carbocycles. The van der Waals surface area contributed by atoms with Gasteiger partial charge >= 0.3 is 0 Å². The third-order valence-electron chi connectivity index (χ3n) is 2.18. The minimum Gasteiger partial charge on any atom is -0.472 e. The predicted octanol–water partition coefficient (Wildman–Crippen LogP) is 1.29. The summed E-state index contributed by atoms with van der Waals surface area (Å²) < 4.78 is 6.62. The van der Waals surface area contributed by atoms with Crippen LogP contribution in [0.5, 0.6) is 0 Å². The summed E-state index contributed by atoms with van der Waals surface area (Å²) in [7, 11) is 0. The van der Waals surface area contributed by atoms with Crippen LogP contribution < -0.4 is 5.32 Å². The minimum absolute atomic E-state index is 0.0160. The lowest BCUT2D eigenvalue weighted by atomic mass is 10.2. The summed E-state index contributed by atoms with van der Waals surface area (Å²) in [5.41, 5.74) is 0.535. The van der Waals surface area contributed by atoms with E-state index in [0.717, 1.165) is 0 Å². The normalized spacial score (nSPS) is 12.3. The Labute approximate surface area is 93.1 Å². The number of nitrogens with zero attached hydrogens (tertiary/aromatic N) is 2. The number of furan rings is 1. The van der Waals surface area contributed by atoms with Crippen molar-refractivity contribution < 1.29 is 9.21 Å². The van der Waals surface area contributed by atoms with Gasteiger partial charge < -0.3 is 9.73 Å². The highest BCUT2D eigenvalue weighted by Gasteiger charge is 2.10. The number of hydrogen-bond donors (Lipinski definition) is 1. The van der Waals surface area contributed by atoms with Crippen molar-refractivity contribution in [1.82, 2.24) is 15.1 Å². The van der Waals surface area contributed by atoms with Crippen molar-refractivity contribution in [2.75, 3.05) is 0 Å². The van der Waals surface area contributed by atoms with Crippen molar-refractivity contribution >= 4 is 5.91 Å². The van der Waals surface area contributed by atoms with E-state index in [1.54, 1.807) is 16.9 Å². The highest BCUT2D eigenvalue weighted by atomic mass is 16.3. The van der Waals surface area contributed by atoms with Gasteiger partial charge in [-0.15, -0.1) is 0 Å². The van der Waals surface area contributed by atoms with Crippen LogP contribution in [0.3, 0.4) is 0 Å². The summed E-state index contributed by atoms with van der Waals surface area (Å²) in [6, 6.07) is 3.50. The number of carbonyl (C=O) groups excluding carboxylic acids is 1. The number of aromatic nitrogens is 2. The van der Waals surface area contributed by atoms with Crippen LogP contribution in [-0.4, -0.2) is 21.7 Å². The van der Waals surface area contributed by atoms with E-state index in [-0.39, 0.29) is 11.9 Å². The Morgan fingerprint density at radius 3 is 3.19 bits per heavy atom. The molecular weight excluding hydrogens is 206 g/mol. The molecule has 0 saturated carbocycles. The number of carbonyl (C=O) groups is 1. The Morgan fingerprint density at radius 2 is 2.56 bits per heavy atom. The van der Waals surface area contributed by atoms with Crippen molar-refractivity contribution in [3.05, 3.63) is 42.6 Å². The molecule has 0 saturated heterocycles. The van der Waals surface area contributed by atoms with E-state index in [4.69, 9.17) is 4.42 Å². The third-order valence-corrected chi connectivity index (χ3v) is 2.18. The van der Waals surface area contributed by atoms with Gasteiger partial charge in [-0.3, -0.25) is 9.48 Å². The van der Waals surface area contributed by atoms with Crippen molar-refractivity contribution in [2.45, 2.75) is 19.5 Å². The highest BCUT2D eigenvalue weighted by molar-refractivity contribution is 5.93. The molecule has 0 fully saturated rings. The quantitative estimate of drug-likeness (QED) is 0.843. The molecule has 5 heteroatoms. The van der Waals surface area contributed by atoms with E-state index in [1.807, 2.05) is 19.2 Å². The Balaban J connectivity index is 1.88. The first-order valence-corrected chi connectivity index (χ1v) is 5.06. The zero-order valence-corrected chi connectivity index (χ0v) is 8.96. The standard InChI is InChI=1S/C11H13N3O2/c1-9(7-14-5-2-4-12-14)13-11(15)10-3-6-16-8-10/h2-6,8-9H,7H2,1H3,(H,13,15)/t9-/m1/s1. The van der Waals surface area contributed by atoms with Gasteiger partial charge in [0.25, 0.3) is 5.91 Å². The van der Waals surface area contributed by atoms with Gasteiger partial charge in [0.2, 0.25) is 0 Å². The van der Waals surface area contributed by atoms with Crippen LogP contribution in [0.1, 0.15) is 17.3 Å². The summed E-state index contributed by atoms with van der Waals surface area (Å²) in [6.45, 7) is 2.58. The van der Waals surface area contributed by atoms with Crippen LogP contribution in [-0.2, 0) is 6.54 Å². The van der Waals surface area contributed by atoms with Gasteiger partial charge in [0.05, 0.1) is 18.4 Å². The maximum atomic E-state index is 11.6. The molecule has 2 aromatic rings. The van der Waals surface area contributed by atoms with Crippen molar-refractivity contribution in [2.24, 2.45) is 0 Å². The zero-order chi connectivity index (χ0) is 11.4. The number of nitrogens with one attached hydrogen (secondary N) is 1. The lowest BCUT2D eigenvalue weighted by molar-refractivity contribution is 0.0935. The zero-order valence-electron chi connectivity index (χ0n) is 8.96. The maximum absolute atomic E-state index is 11.6. The Bertz CT molecular complexity index is 434. The fourth-order valence-corrected chi connectivity index (χ4v) is 1.44. The van der Waals surface area contributed by atoms with E-state index in [2.05, 4.69) is 10.4 Å². The van der Waals surface area contributed by atoms with Crippen molar-refractivity contribution in [3.63, 3.8) is 0 Å². The van der Waals surface area contributed by atoms with E-state index in [1.165, 1.54) is 12.5 Å². The Hall–Kier alpha value is -2.04. The molecule has 0 spiro atoms. The molecular formula is C11H13N3O2. The molecule has 2 rings (SSSR count).